The van der Waals surface area contributed by atoms with Crippen LogP contribution in [-0.4, -0.2) is 30.9 Å². The standard InChI is InChI=1S/C30H34FNO5/c1-29(2,25-16-22(31)8-12-26(25)36-4)18-30(34,14-13-19-5-9-23(35-3)10-6-19)27(32)20-7-11-24-21(15-20)17-37-28(24)33/h5-12,15-16,27,34H,13-14,17-18,32H2,1-4H3. The number of nitrogens with two attached hydrogens (primary N) is 1. The van der Waals surface area contributed by atoms with E-state index in [1.807, 2.05) is 44.2 Å². The Morgan fingerprint density at radius 2 is 1.78 bits per heavy atom. The van der Waals surface area contributed by atoms with Crippen molar-refractivity contribution in [1.29, 1.82) is 0 Å². The predicted octanol–water partition coefficient (Wildman–Crippen LogP) is 5.24. The molecule has 0 fully saturated rings. The molecule has 0 aliphatic carbocycles. The molecule has 37 heavy (non-hydrogen) atoms. The Hall–Kier alpha value is -3.42. The Balaban J connectivity index is 1.69. The first kappa shape index (κ1) is 26.6. The Labute approximate surface area is 217 Å². The molecule has 0 bridgehead atoms. The highest BCUT2D eigenvalue weighted by Crippen LogP contribution is 2.43. The fraction of sp³-hybridized carbons (Fsp3) is 0.367. The molecule has 2 unspecified atom stereocenters. The van der Waals surface area contributed by atoms with Gasteiger partial charge in [0.2, 0.25) is 0 Å². The van der Waals surface area contributed by atoms with Gasteiger partial charge < -0.3 is 25.1 Å². The zero-order valence-electron chi connectivity index (χ0n) is 21.7. The maximum absolute atomic E-state index is 14.3. The normalized spacial score (nSPS) is 15.5. The Kier molecular flexibility index (Phi) is 7.57. The summed E-state index contributed by atoms with van der Waals surface area (Å²) in [5.41, 5.74) is 8.39. The average Bonchev–Trinajstić information content (AvgIpc) is 3.27. The number of cyclic esters (lactones) is 1. The minimum absolute atomic E-state index is 0.186. The number of fused-ring (bicyclic) bond motifs is 1. The minimum Gasteiger partial charge on any atom is -0.497 e. The molecule has 7 heteroatoms. The van der Waals surface area contributed by atoms with Gasteiger partial charge in [-0.2, -0.15) is 0 Å². The number of aryl methyl sites for hydroxylation is 1. The number of benzene rings is 3. The third-order valence-electron chi connectivity index (χ3n) is 7.29. The third kappa shape index (κ3) is 5.63. The molecular formula is C30H34FNO5. The van der Waals surface area contributed by atoms with E-state index >= 15 is 0 Å². The van der Waals surface area contributed by atoms with E-state index in [1.165, 1.54) is 12.1 Å². The number of hydrogen-bond donors (Lipinski definition) is 2. The highest BCUT2D eigenvalue weighted by Gasteiger charge is 2.42. The minimum atomic E-state index is -1.38. The number of carbonyl (C=O) groups excluding carboxylic acids is 1. The van der Waals surface area contributed by atoms with Crippen LogP contribution in [0.2, 0.25) is 0 Å². The molecule has 4 rings (SSSR count). The van der Waals surface area contributed by atoms with Gasteiger partial charge in [0.15, 0.2) is 0 Å². The first-order valence-electron chi connectivity index (χ1n) is 12.3. The van der Waals surface area contributed by atoms with E-state index in [9.17, 15) is 14.3 Å². The van der Waals surface area contributed by atoms with Gasteiger partial charge >= 0.3 is 5.97 Å². The molecule has 2 atom stereocenters. The lowest BCUT2D eigenvalue weighted by atomic mass is 9.69. The van der Waals surface area contributed by atoms with E-state index < -0.39 is 17.1 Å². The molecule has 0 saturated heterocycles. The Morgan fingerprint density at radius 1 is 1.05 bits per heavy atom. The van der Waals surface area contributed by atoms with E-state index in [0.717, 1.165) is 16.9 Å². The van der Waals surface area contributed by atoms with E-state index in [2.05, 4.69) is 0 Å². The number of carbonyl (C=O) groups is 1. The monoisotopic (exact) mass is 507 g/mol. The van der Waals surface area contributed by atoms with Crippen LogP contribution >= 0.6 is 0 Å². The number of aliphatic hydroxyl groups is 1. The SMILES string of the molecule is COc1ccc(CCC(O)(CC(C)(C)c2cc(F)ccc2OC)C(N)c2ccc3c(c2)COC3=O)cc1. The van der Waals surface area contributed by atoms with Gasteiger partial charge in [-0.05, 0) is 78.3 Å². The molecule has 196 valence electrons. The lowest BCUT2D eigenvalue weighted by Gasteiger charge is -2.41. The fourth-order valence-corrected chi connectivity index (χ4v) is 5.23. The summed E-state index contributed by atoms with van der Waals surface area (Å²) in [6, 6.07) is 16.6. The average molecular weight is 508 g/mol. The van der Waals surface area contributed by atoms with Gasteiger partial charge in [-0.15, -0.1) is 0 Å². The second-order valence-electron chi connectivity index (χ2n) is 10.3. The van der Waals surface area contributed by atoms with Crippen LogP contribution in [0, 0.1) is 5.82 Å². The van der Waals surface area contributed by atoms with Gasteiger partial charge in [0.05, 0.1) is 31.4 Å². The molecular weight excluding hydrogens is 473 g/mol. The lowest BCUT2D eigenvalue weighted by molar-refractivity contribution is -0.0196. The topological polar surface area (TPSA) is 91.0 Å². The van der Waals surface area contributed by atoms with Crippen molar-refractivity contribution >= 4 is 5.97 Å². The smallest absolute Gasteiger partial charge is 0.338 e. The largest absolute Gasteiger partial charge is 0.497 e. The Morgan fingerprint density at radius 3 is 2.46 bits per heavy atom. The predicted molar refractivity (Wildman–Crippen MR) is 139 cm³/mol. The van der Waals surface area contributed by atoms with Gasteiger partial charge in [-0.1, -0.05) is 32.0 Å². The van der Waals surface area contributed by atoms with Crippen molar-refractivity contribution in [3.05, 3.63) is 94.3 Å². The quantitative estimate of drug-likeness (QED) is 0.365. The molecule has 0 saturated carbocycles. The van der Waals surface area contributed by atoms with Crippen molar-refractivity contribution in [2.24, 2.45) is 5.73 Å². The summed E-state index contributed by atoms with van der Waals surface area (Å²) in [4.78, 5) is 11.9. The number of hydrogen-bond acceptors (Lipinski definition) is 6. The van der Waals surface area contributed by atoms with Gasteiger partial charge in [-0.3, -0.25) is 0 Å². The van der Waals surface area contributed by atoms with E-state index in [1.54, 1.807) is 32.4 Å². The molecule has 0 aromatic heterocycles. The summed E-state index contributed by atoms with van der Waals surface area (Å²) in [5, 5.41) is 12.2. The summed E-state index contributed by atoms with van der Waals surface area (Å²) >= 11 is 0. The van der Waals surface area contributed by atoms with Crippen LogP contribution in [0.15, 0.2) is 60.7 Å². The highest BCUT2D eigenvalue weighted by molar-refractivity contribution is 5.93. The van der Waals surface area contributed by atoms with Crippen molar-refractivity contribution < 1.29 is 28.5 Å². The van der Waals surface area contributed by atoms with Gasteiger partial charge in [-0.25, -0.2) is 9.18 Å². The first-order valence-corrected chi connectivity index (χ1v) is 12.3. The molecule has 1 aliphatic heterocycles. The summed E-state index contributed by atoms with van der Waals surface area (Å²) in [6.07, 6.45) is 1.16. The van der Waals surface area contributed by atoms with Crippen LogP contribution in [0.1, 0.15) is 65.3 Å². The molecule has 3 aromatic carbocycles. The molecule has 0 spiro atoms. The second kappa shape index (κ2) is 10.5. The zero-order chi connectivity index (χ0) is 26.8. The first-order chi connectivity index (χ1) is 17.6. The fourth-order valence-electron chi connectivity index (χ4n) is 5.23. The third-order valence-corrected chi connectivity index (χ3v) is 7.29. The maximum atomic E-state index is 14.3. The van der Waals surface area contributed by atoms with Crippen LogP contribution < -0.4 is 15.2 Å². The highest BCUT2D eigenvalue weighted by atomic mass is 19.1. The molecule has 1 heterocycles. The van der Waals surface area contributed by atoms with E-state index in [0.29, 0.717) is 35.3 Å². The van der Waals surface area contributed by atoms with Crippen LogP contribution in [-0.2, 0) is 23.2 Å². The van der Waals surface area contributed by atoms with Crippen molar-refractivity contribution in [3.63, 3.8) is 0 Å². The van der Waals surface area contributed by atoms with Gasteiger partial charge in [0, 0.05) is 11.1 Å². The number of rotatable bonds is 10. The van der Waals surface area contributed by atoms with Crippen molar-refractivity contribution in [1.82, 2.24) is 0 Å². The number of ether oxygens (including phenoxy) is 3. The molecule has 1 aliphatic rings. The Bertz CT molecular complexity index is 1270. The lowest BCUT2D eigenvalue weighted by Crippen LogP contribution is -2.46. The zero-order valence-corrected chi connectivity index (χ0v) is 21.7. The summed E-state index contributed by atoms with van der Waals surface area (Å²) in [7, 11) is 3.16. The van der Waals surface area contributed by atoms with Crippen LogP contribution in [0.5, 0.6) is 11.5 Å². The molecule has 0 radical (unpaired) electrons. The van der Waals surface area contributed by atoms with Crippen molar-refractivity contribution in [2.45, 2.75) is 56.8 Å². The number of methoxy groups -OCH3 is 2. The van der Waals surface area contributed by atoms with Crippen LogP contribution in [0.25, 0.3) is 0 Å². The van der Waals surface area contributed by atoms with Crippen molar-refractivity contribution in [3.8, 4) is 11.5 Å². The van der Waals surface area contributed by atoms with E-state index in [4.69, 9.17) is 19.9 Å². The van der Waals surface area contributed by atoms with E-state index in [-0.39, 0.29) is 24.8 Å². The van der Waals surface area contributed by atoms with Gasteiger partial charge in [0.25, 0.3) is 0 Å². The molecule has 6 nitrogen and oxygen atoms in total. The summed E-state index contributed by atoms with van der Waals surface area (Å²) < 4.78 is 30.2. The second-order valence-corrected chi connectivity index (χ2v) is 10.3. The summed E-state index contributed by atoms with van der Waals surface area (Å²) in [6.45, 7) is 4.08. The number of halogens is 1. The maximum Gasteiger partial charge on any atom is 0.338 e. The van der Waals surface area contributed by atoms with Crippen LogP contribution in [0.3, 0.4) is 0 Å². The molecule has 0 amide bonds. The van der Waals surface area contributed by atoms with Gasteiger partial charge in [0.1, 0.15) is 23.9 Å². The molecule has 3 aromatic rings. The van der Waals surface area contributed by atoms with Crippen molar-refractivity contribution in [2.75, 3.05) is 14.2 Å². The molecule has 3 N–H and O–H groups in total. The van der Waals surface area contributed by atoms with Crippen LogP contribution in [0.4, 0.5) is 4.39 Å². The summed E-state index contributed by atoms with van der Waals surface area (Å²) in [5.74, 6) is 0.568. The number of esters is 1.